The molecule has 22 heavy (non-hydrogen) atoms. The van der Waals surface area contributed by atoms with Crippen LogP contribution in [0.25, 0.3) is 11.0 Å². The molecule has 2 aromatic heterocycles. The number of nitrogens with one attached hydrogen (secondary N) is 3. The topological polar surface area (TPSA) is 69.8 Å². The third-order valence-corrected chi connectivity index (χ3v) is 4.73. The summed E-state index contributed by atoms with van der Waals surface area (Å²) in [5.74, 6) is 0.117. The lowest BCUT2D eigenvalue weighted by molar-refractivity contribution is -0.121. The van der Waals surface area contributed by atoms with E-state index in [0.717, 1.165) is 29.4 Å². The Kier molecular flexibility index (Phi) is 4.36. The first-order valence-electron chi connectivity index (χ1n) is 7.74. The van der Waals surface area contributed by atoms with Gasteiger partial charge in [0.1, 0.15) is 5.65 Å². The average Bonchev–Trinajstić information content (AvgIpc) is 3.03. The number of hydrogen-bond acceptors (Lipinski definition) is 3. The van der Waals surface area contributed by atoms with Gasteiger partial charge in [-0.25, -0.2) is 4.98 Å². The van der Waals surface area contributed by atoms with E-state index >= 15 is 0 Å². The van der Waals surface area contributed by atoms with Crippen molar-refractivity contribution in [1.29, 1.82) is 0 Å². The number of halogens is 1. The quantitative estimate of drug-likeness (QED) is 0.809. The summed E-state index contributed by atoms with van der Waals surface area (Å²) in [7, 11) is 0. The van der Waals surface area contributed by atoms with E-state index < -0.39 is 0 Å². The fourth-order valence-electron chi connectivity index (χ4n) is 3.79. The Hall–Kier alpha value is -1.59. The number of aromatic amines is 1. The van der Waals surface area contributed by atoms with E-state index in [9.17, 15) is 4.79 Å². The lowest BCUT2D eigenvalue weighted by Crippen LogP contribution is -2.48. The fourth-order valence-corrected chi connectivity index (χ4v) is 3.79. The number of fused-ring (bicyclic) bond motifs is 3. The minimum absolute atomic E-state index is 0. The Labute approximate surface area is 135 Å². The molecule has 5 nitrogen and oxygen atoms in total. The zero-order valence-corrected chi connectivity index (χ0v) is 13.2. The van der Waals surface area contributed by atoms with Crippen LogP contribution in [-0.2, 0) is 11.2 Å². The summed E-state index contributed by atoms with van der Waals surface area (Å²) in [4.78, 5) is 19.7. The monoisotopic (exact) mass is 320 g/mol. The van der Waals surface area contributed by atoms with E-state index in [-0.39, 0.29) is 18.3 Å². The lowest BCUT2D eigenvalue weighted by Gasteiger charge is -2.29. The normalized spacial score (nSPS) is 26.6. The number of aromatic nitrogens is 2. The summed E-state index contributed by atoms with van der Waals surface area (Å²) in [6, 6.07) is 5.45. The minimum Gasteiger partial charge on any atom is -0.353 e. The molecular formula is C16H21ClN4O. The van der Waals surface area contributed by atoms with Gasteiger partial charge in [-0.1, -0.05) is 0 Å². The molecule has 118 valence electrons. The van der Waals surface area contributed by atoms with E-state index in [1.807, 2.05) is 18.3 Å². The van der Waals surface area contributed by atoms with E-state index in [1.165, 1.54) is 12.8 Å². The summed E-state index contributed by atoms with van der Waals surface area (Å²) in [6.07, 6.45) is 8.72. The Bertz CT molecular complexity index is 659. The van der Waals surface area contributed by atoms with Crippen LogP contribution in [0, 0.1) is 0 Å². The van der Waals surface area contributed by atoms with Crippen molar-refractivity contribution in [3.8, 4) is 0 Å². The molecule has 2 saturated heterocycles. The van der Waals surface area contributed by atoms with Gasteiger partial charge in [0.25, 0.3) is 0 Å². The highest BCUT2D eigenvalue weighted by Gasteiger charge is 2.33. The van der Waals surface area contributed by atoms with Crippen LogP contribution in [0.15, 0.2) is 24.5 Å². The molecule has 0 saturated carbocycles. The number of rotatable bonds is 3. The van der Waals surface area contributed by atoms with Gasteiger partial charge < -0.3 is 15.6 Å². The van der Waals surface area contributed by atoms with Gasteiger partial charge in [-0.15, -0.1) is 12.4 Å². The van der Waals surface area contributed by atoms with Crippen LogP contribution >= 0.6 is 12.4 Å². The fraction of sp³-hybridized carbons (Fsp3) is 0.500. The van der Waals surface area contributed by atoms with Crippen molar-refractivity contribution in [2.24, 2.45) is 0 Å². The maximum atomic E-state index is 12.3. The molecule has 4 rings (SSSR count). The summed E-state index contributed by atoms with van der Waals surface area (Å²) < 4.78 is 0. The Morgan fingerprint density at radius 2 is 2.09 bits per heavy atom. The molecule has 0 spiro atoms. The van der Waals surface area contributed by atoms with Gasteiger partial charge in [-0.05, 0) is 43.4 Å². The van der Waals surface area contributed by atoms with Gasteiger partial charge in [-0.3, -0.25) is 4.79 Å². The molecule has 3 N–H and O–H groups in total. The summed E-state index contributed by atoms with van der Waals surface area (Å²) in [5.41, 5.74) is 1.87. The molecule has 1 amide bonds. The molecule has 2 aliphatic rings. The van der Waals surface area contributed by atoms with Gasteiger partial charge in [0.15, 0.2) is 0 Å². The minimum atomic E-state index is 0. The molecule has 0 aliphatic carbocycles. The number of amides is 1. The Morgan fingerprint density at radius 3 is 2.86 bits per heavy atom. The molecule has 6 heteroatoms. The van der Waals surface area contributed by atoms with Gasteiger partial charge in [0.05, 0.1) is 6.42 Å². The molecule has 2 bridgehead atoms. The highest BCUT2D eigenvalue weighted by atomic mass is 35.5. The Balaban J connectivity index is 0.00000144. The highest BCUT2D eigenvalue weighted by Crippen LogP contribution is 2.26. The van der Waals surface area contributed by atoms with Crippen LogP contribution in [0.2, 0.25) is 0 Å². The zero-order valence-electron chi connectivity index (χ0n) is 12.3. The molecule has 0 radical (unpaired) electrons. The van der Waals surface area contributed by atoms with Crippen LogP contribution in [0.5, 0.6) is 0 Å². The van der Waals surface area contributed by atoms with Crippen molar-refractivity contribution in [1.82, 2.24) is 20.6 Å². The lowest BCUT2D eigenvalue weighted by atomic mass is 9.99. The molecule has 4 heterocycles. The molecule has 2 aromatic rings. The van der Waals surface area contributed by atoms with Crippen molar-refractivity contribution in [2.75, 3.05) is 0 Å². The smallest absolute Gasteiger partial charge is 0.224 e. The van der Waals surface area contributed by atoms with Crippen LogP contribution in [0.1, 0.15) is 31.2 Å². The molecule has 0 aromatic carbocycles. The maximum Gasteiger partial charge on any atom is 0.224 e. The largest absolute Gasteiger partial charge is 0.353 e. The maximum absolute atomic E-state index is 12.3. The number of hydrogen-bond donors (Lipinski definition) is 3. The number of H-pyrrole nitrogens is 1. The molecule has 2 atom stereocenters. The van der Waals surface area contributed by atoms with Crippen molar-refractivity contribution in [3.63, 3.8) is 0 Å². The molecule has 2 fully saturated rings. The predicted octanol–water partition coefficient (Wildman–Crippen LogP) is 1.93. The van der Waals surface area contributed by atoms with Crippen LogP contribution in [0.4, 0.5) is 0 Å². The van der Waals surface area contributed by atoms with Gasteiger partial charge in [-0.2, -0.15) is 0 Å². The van der Waals surface area contributed by atoms with Crippen molar-refractivity contribution >= 4 is 29.3 Å². The second-order valence-electron chi connectivity index (χ2n) is 6.26. The first kappa shape index (κ1) is 15.3. The third-order valence-electron chi connectivity index (χ3n) is 4.73. The zero-order chi connectivity index (χ0) is 14.2. The number of piperidine rings is 1. The summed E-state index contributed by atoms with van der Waals surface area (Å²) in [5, 5.41) is 7.85. The van der Waals surface area contributed by atoms with Crippen molar-refractivity contribution in [2.45, 2.75) is 50.2 Å². The highest BCUT2D eigenvalue weighted by molar-refractivity contribution is 5.87. The second-order valence-corrected chi connectivity index (χ2v) is 6.26. The molecular weight excluding hydrogens is 300 g/mol. The number of carbonyl (C=O) groups excluding carboxylic acids is 1. The first-order chi connectivity index (χ1) is 10.3. The van der Waals surface area contributed by atoms with E-state index in [0.29, 0.717) is 24.5 Å². The summed E-state index contributed by atoms with van der Waals surface area (Å²) in [6.45, 7) is 0. The van der Waals surface area contributed by atoms with Crippen LogP contribution in [-0.4, -0.2) is 34.0 Å². The number of carbonyl (C=O) groups is 1. The van der Waals surface area contributed by atoms with E-state index in [4.69, 9.17) is 0 Å². The van der Waals surface area contributed by atoms with Gasteiger partial charge >= 0.3 is 0 Å². The SMILES string of the molecule is Cl.O=C(Cc1c[nH]c2ncccc12)NC1CC2CCC(C1)N2. The standard InChI is InChI=1S/C16H20N4O.ClH/c21-15(20-13-7-11-3-4-12(8-13)19-11)6-10-9-18-16-14(10)2-1-5-17-16;/h1-2,5,9,11-13,19H,3-4,6-8H2,(H,17,18)(H,20,21);1H. The van der Waals surface area contributed by atoms with Crippen molar-refractivity contribution < 1.29 is 4.79 Å². The van der Waals surface area contributed by atoms with Crippen LogP contribution in [0.3, 0.4) is 0 Å². The van der Waals surface area contributed by atoms with E-state index in [2.05, 4.69) is 20.6 Å². The van der Waals surface area contributed by atoms with E-state index in [1.54, 1.807) is 6.20 Å². The van der Waals surface area contributed by atoms with Gasteiger partial charge in [0, 0.05) is 35.9 Å². The molecule has 2 unspecified atom stereocenters. The van der Waals surface area contributed by atoms with Crippen molar-refractivity contribution in [3.05, 3.63) is 30.1 Å². The predicted molar refractivity (Wildman–Crippen MR) is 88.2 cm³/mol. The van der Waals surface area contributed by atoms with Gasteiger partial charge in [0.2, 0.25) is 5.91 Å². The number of nitrogens with zero attached hydrogens (tertiary/aromatic N) is 1. The second kappa shape index (κ2) is 6.26. The summed E-state index contributed by atoms with van der Waals surface area (Å²) >= 11 is 0. The Morgan fingerprint density at radius 1 is 1.32 bits per heavy atom. The van der Waals surface area contributed by atoms with Crippen LogP contribution < -0.4 is 10.6 Å². The third kappa shape index (κ3) is 2.96. The first-order valence-corrected chi connectivity index (χ1v) is 7.74. The molecule has 2 aliphatic heterocycles. The average molecular weight is 321 g/mol. The number of pyridine rings is 1.